The molecule has 0 bridgehead atoms. The van der Waals surface area contributed by atoms with E-state index in [1.807, 2.05) is 13.8 Å². The Hall–Kier alpha value is -0.370. The highest BCUT2D eigenvalue weighted by molar-refractivity contribution is 5.79. The fraction of sp³-hybridized carbons (Fsp3) is 0.875. The Kier molecular flexibility index (Phi) is 2.09. The first-order valence-corrected chi connectivity index (χ1v) is 3.81. The number of aliphatic hydroxyl groups excluding tert-OH is 1. The maximum atomic E-state index is 10.9. The zero-order valence-corrected chi connectivity index (χ0v) is 6.50. The quantitative estimate of drug-likeness (QED) is 0.547. The number of Topliss-reactive ketones (excluding diaryl/α,β-unsaturated/α-hetero) is 1. The number of aliphatic hydroxyl groups is 1. The van der Waals surface area contributed by atoms with E-state index < -0.39 is 0 Å². The molecule has 1 N–H and O–H groups in total. The van der Waals surface area contributed by atoms with Crippen molar-refractivity contribution in [2.75, 3.05) is 0 Å². The molecule has 2 heteroatoms. The lowest BCUT2D eigenvalue weighted by Gasteiger charge is -2.29. The molecule has 0 unspecified atom stereocenters. The van der Waals surface area contributed by atoms with E-state index in [2.05, 4.69) is 0 Å². The Labute approximate surface area is 61.2 Å². The third-order valence-corrected chi connectivity index (χ3v) is 2.27. The fourth-order valence-corrected chi connectivity index (χ4v) is 1.60. The third kappa shape index (κ3) is 1.37. The molecule has 1 fully saturated rings. The molecule has 0 amide bonds. The summed E-state index contributed by atoms with van der Waals surface area (Å²) in [5.74, 6) is 0.623. The molecule has 1 aliphatic rings. The highest BCUT2D eigenvalue weighted by atomic mass is 16.3. The van der Waals surface area contributed by atoms with Crippen molar-refractivity contribution in [2.45, 2.75) is 32.8 Å². The molecule has 0 aromatic carbocycles. The van der Waals surface area contributed by atoms with E-state index in [9.17, 15) is 9.90 Å². The van der Waals surface area contributed by atoms with Crippen LogP contribution in [0.5, 0.6) is 0 Å². The van der Waals surface area contributed by atoms with Crippen LogP contribution in [0.3, 0.4) is 0 Å². The van der Waals surface area contributed by atoms with E-state index >= 15 is 0 Å². The number of hydrogen-bond donors (Lipinski definition) is 1. The largest absolute Gasteiger partial charge is 0.393 e. The molecular formula is C8H14O2. The van der Waals surface area contributed by atoms with Gasteiger partial charge in [-0.1, -0.05) is 13.8 Å². The Morgan fingerprint density at radius 3 is 2.10 bits per heavy atom. The first-order valence-electron chi connectivity index (χ1n) is 3.81. The smallest absolute Gasteiger partial charge is 0.133 e. The number of hydrogen-bond acceptors (Lipinski definition) is 2. The van der Waals surface area contributed by atoms with Crippen LogP contribution in [0.15, 0.2) is 0 Å². The summed E-state index contributed by atoms with van der Waals surface area (Å²) in [5, 5.41) is 9.41. The average Bonchev–Trinajstić information content (AvgIpc) is 1.82. The summed E-state index contributed by atoms with van der Waals surface area (Å²) in [6.07, 6.45) is 0.856. The second-order valence-electron chi connectivity index (χ2n) is 3.39. The molecule has 1 saturated carbocycles. The van der Waals surface area contributed by atoms with Crippen LogP contribution >= 0.6 is 0 Å². The lowest BCUT2D eigenvalue weighted by molar-refractivity contribution is -0.126. The van der Waals surface area contributed by atoms with Crippen LogP contribution in [0, 0.1) is 11.8 Å². The SMILES string of the molecule is C[C@@H]1CC(=O)C[C@@H](C)C1O. The molecule has 0 radical (unpaired) electrons. The van der Waals surface area contributed by atoms with Gasteiger partial charge in [-0.25, -0.2) is 0 Å². The van der Waals surface area contributed by atoms with E-state index in [0.29, 0.717) is 18.6 Å². The minimum absolute atomic E-state index is 0.163. The topological polar surface area (TPSA) is 37.3 Å². The summed E-state index contributed by atoms with van der Waals surface area (Å²) in [6, 6.07) is 0. The third-order valence-electron chi connectivity index (χ3n) is 2.27. The average molecular weight is 142 g/mol. The normalized spacial score (nSPS) is 36.5. The minimum atomic E-state index is -0.266. The van der Waals surface area contributed by atoms with Crippen molar-refractivity contribution in [2.24, 2.45) is 11.8 Å². The standard InChI is InChI=1S/C8H14O2/c1-5-3-7(9)4-6(2)8(5)10/h5-6,8,10H,3-4H2,1-2H3/t5-,6-/m1/s1. The van der Waals surface area contributed by atoms with Crippen molar-refractivity contribution in [3.8, 4) is 0 Å². The van der Waals surface area contributed by atoms with E-state index in [1.165, 1.54) is 0 Å². The summed E-state index contributed by atoms with van der Waals surface area (Å²) in [6.45, 7) is 3.86. The second-order valence-corrected chi connectivity index (χ2v) is 3.39. The van der Waals surface area contributed by atoms with Gasteiger partial charge in [0.1, 0.15) is 5.78 Å². The van der Waals surface area contributed by atoms with Crippen LogP contribution in [0.2, 0.25) is 0 Å². The van der Waals surface area contributed by atoms with Gasteiger partial charge in [0.25, 0.3) is 0 Å². The molecular weight excluding hydrogens is 128 g/mol. The molecule has 2 nitrogen and oxygen atoms in total. The summed E-state index contributed by atoms with van der Waals surface area (Å²) in [4.78, 5) is 10.9. The van der Waals surface area contributed by atoms with Gasteiger partial charge in [-0.05, 0) is 11.8 Å². The number of carbonyl (C=O) groups is 1. The van der Waals surface area contributed by atoms with Gasteiger partial charge in [-0.3, -0.25) is 4.79 Å². The van der Waals surface area contributed by atoms with Crippen molar-refractivity contribution in [1.82, 2.24) is 0 Å². The molecule has 10 heavy (non-hydrogen) atoms. The Balaban J connectivity index is 2.57. The van der Waals surface area contributed by atoms with Gasteiger partial charge in [0, 0.05) is 12.8 Å². The predicted octanol–water partition coefficient (Wildman–Crippen LogP) is 0.982. The molecule has 0 aromatic heterocycles. The van der Waals surface area contributed by atoms with Crippen molar-refractivity contribution in [3.05, 3.63) is 0 Å². The van der Waals surface area contributed by atoms with Crippen LogP contribution in [0.4, 0.5) is 0 Å². The number of ketones is 1. The lowest BCUT2D eigenvalue weighted by Crippen LogP contribution is -2.34. The van der Waals surface area contributed by atoms with Gasteiger partial charge in [0.05, 0.1) is 6.10 Å². The molecule has 2 atom stereocenters. The molecule has 0 aliphatic heterocycles. The summed E-state index contributed by atoms with van der Waals surface area (Å²) < 4.78 is 0. The Morgan fingerprint density at radius 2 is 1.70 bits per heavy atom. The Morgan fingerprint density at radius 1 is 1.30 bits per heavy atom. The van der Waals surface area contributed by atoms with E-state index in [-0.39, 0.29) is 17.9 Å². The van der Waals surface area contributed by atoms with Gasteiger partial charge in [0.2, 0.25) is 0 Å². The summed E-state index contributed by atoms with van der Waals surface area (Å²) in [5.41, 5.74) is 0. The van der Waals surface area contributed by atoms with Crippen molar-refractivity contribution in [3.63, 3.8) is 0 Å². The van der Waals surface area contributed by atoms with E-state index in [0.717, 1.165) is 0 Å². The van der Waals surface area contributed by atoms with Crippen molar-refractivity contribution >= 4 is 5.78 Å². The number of carbonyl (C=O) groups excluding carboxylic acids is 1. The zero-order valence-electron chi connectivity index (χ0n) is 6.50. The molecule has 1 aliphatic carbocycles. The van der Waals surface area contributed by atoms with Crippen molar-refractivity contribution < 1.29 is 9.90 Å². The highest BCUT2D eigenvalue weighted by Crippen LogP contribution is 2.26. The zero-order chi connectivity index (χ0) is 7.72. The summed E-state index contributed by atoms with van der Waals surface area (Å²) in [7, 11) is 0. The van der Waals surface area contributed by atoms with Crippen LogP contribution in [0.25, 0.3) is 0 Å². The minimum Gasteiger partial charge on any atom is -0.393 e. The Bertz CT molecular complexity index is 128. The maximum Gasteiger partial charge on any atom is 0.133 e. The van der Waals surface area contributed by atoms with Crippen LogP contribution in [-0.4, -0.2) is 17.0 Å². The maximum absolute atomic E-state index is 10.9. The molecule has 58 valence electrons. The number of rotatable bonds is 0. The molecule has 0 heterocycles. The van der Waals surface area contributed by atoms with Crippen LogP contribution in [0.1, 0.15) is 26.7 Å². The van der Waals surface area contributed by atoms with Crippen LogP contribution < -0.4 is 0 Å². The monoisotopic (exact) mass is 142 g/mol. The fourth-order valence-electron chi connectivity index (χ4n) is 1.60. The van der Waals surface area contributed by atoms with Crippen molar-refractivity contribution in [1.29, 1.82) is 0 Å². The molecule has 1 rings (SSSR count). The summed E-state index contributed by atoms with van der Waals surface area (Å²) >= 11 is 0. The van der Waals surface area contributed by atoms with Gasteiger partial charge in [-0.15, -0.1) is 0 Å². The van der Waals surface area contributed by atoms with Crippen LogP contribution in [-0.2, 0) is 4.79 Å². The first kappa shape index (κ1) is 7.73. The first-order chi connectivity index (χ1) is 4.61. The van der Waals surface area contributed by atoms with Gasteiger partial charge in [-0.2, -0.15) is 0 Å². The molecule has 0 saturated heterocycles. The highest BCUT2D eigenvalue weighted by Gasteiger charge is 2.29. The lowest BCUT2D eigenvalue weighted by atomic mass is 9.80. The van der Waals surface area contributed by atoms with Gasteiger partial charge >= 0.3 is 0 Å². The molecule has 0 spiro atoms. The predicted molar refractivity (Wildman–Crippen MR) is 38.6 cm³/mol. The van der Waals surface area contributed by atoms with Gasteiger partial charge in [0.15, 0.2) is 0 Å². The van der Waals surface area contributed by atoms with E-state index in [4.69, 9.17) is 0 Å². The second kappa shape index (κ2) is 2.70. The molecule has 0 aromatic rings. The van der Waals surface area contributed by atoms with Gasteiger partial charge < -0.3 is 5.11 Å². The van der Waals surface area contributed by atoms with E-state index in [1.54, 1.807) is 0 Å².